The molecule has 88 valence electrons. The van der Waals surface area contributed by atoms with Gasteiger partial charge >= 0.3 is 0 Å². The van der Waals surface area contributed by atoms with Gasteiger partial charge in [-0.05, 0) is 36.8 Å². The first-order chi connectivity index (χ1) is 8.08. The molecule has 1 nitrogen and oxygen atoms in total. The fourth-order valence-corrected chi connectivity index (χ4v) is 2.38. The van der Waals surface area contributed by atoms with Crippen molar-refractivity contribution in [1.29, 1.82) is 0 Å². The third-order valence-corrected chi connectivity index (χ3v) is 3.47. The second-order valence-corrected chi connectivity index (χ2v) is 4.78. The number of rotatable bonds is 2. The van der Waals surface area contributed by atoms with E-state index in [0.717, 1.165) is 16.5 Å². The van der Waals surface area contributed by atoms with E-state index in [-0.39, 0.29) is 0 Å². The van der Waals surface area contributed by atoms with Crippen LogP contribution >= 0.6 is 11.8 Å². The Kier molecular flexibility index (Phi) is 3.33. The summed E-state index contributed by atoms with van der Waals surface area (Å²) in [6, 6.07) is 9.46. The topological polar surface area (TPSA) is 26.0 Å². The summed E-state index contributed by atoms with van der Waals surface area (Å²) in [4.78, 5) is 1.47. The molecule has 4 heteroatoms. The van der Waals surface area contributed by atoms with Crippen LogP contribution in [-0.4, -0.2) is 0 Å². The molecular weight excluding hydrogens is 240 g/mol. The van der Waals surface area contributed by atoms with Gasteiger partial charge < -0.3 is 5.73 Å². The van der Waals surface area contributed by atoms with Gasteiger partial charge in [0.1, 0.15) is 0 Å². The van der Waals surface area contributed by atoms with E-state index in [4.69, 9.17) is 5.73 Å². The van der Waals surface area contributed by atoms with Crippen LogP contribution in [0.2, 0.25) is 0 Å². The van der Waals surface area contributed by atoms with Crippen LogP contribution in [0.5, 0.6) is 0 Å². The van der Waals surface area contributed by atoms with E-state index in [1.54, 1.807) is 0 Å². The molecule has 0 heterocycles. The predicted octanol–water partition coefficient (Wildman–Crippen LogP) is 4.01. The Morgan fingerprint density at radius 1 is 1.06 bits per heavy atom. The monoisotopic (exact) mass is 251 g/mol. The van der Waals surface area contributed by atoms with E-state index in [0.29, 0.717) is 10.6 Å². The Morgan fingerprint density at radius 2 is 1.82 bits per heavy atom. The van der Waals surface area contributed by atoms with Crippen LogP contribution in [0, 0.1) is 18.6 Å². The van der Waals surface area contributed by atoms with E-state index >= 15 is 0 Å². The Morgan fingerprint density at radius 3 is 2.53 bits per heavy atom. The molecule has 0 saturated heterocycles. The zero-order valence-electron chi connectivity index (χ0n) is 9.21. The number of para-hydroxylation sites is 1. The molecule has 0 atom stereocenters. The lowest BCUT2D eigenvalue weighted by Gasteiger charge is -2.07. The minimum absolute atomic E-state index is 0.626. The number of hydrogen-bond donors (Lipinski definition) is 1. The molecule has 0 aliphatic rings. The number of nitrogens with two attached hydrogens (primary N) is 1. The van der Waals surface area contributed by atoms with Gasteiger partial charge in [-0.15, -0.1) is 0 Å². The quantitative estimate of drug-likeness (QED) is 0.816. The molecule has 0 radical (unpaired) electrons. The van der Waals surface area contributed by atoms with Crippen molar-refractivity contribution >= 4 is 17.4 Å². The summed E-state index contributed by atoms with van der Waals surface area (Å²) in [5, 5.41) is 0. The highest BCUT2D eigenvalue weighted by Crippen LogP contribution is 2.33. The predicted molar refractivity (Wildman–Crippen MR) is 66.1 cm³/mol. The Labute approximate surface area is 103 Å². The van der Waals surface area contributed by atoms with Crippen LogP contribution in [0.15, 0.2) is 46.2 Å². The van der Waals surface area contributed by atoms with Gasteiger partial charge in [-0.2, -0.15) is 0 Å². The number of hydrogen-bond acceptors (Lipinski definition) is 2. The molecule has 0 unspecified atom stereocenters. The standard InChI is InChI=1S/C13H11F2NS/c1-8-3-2-4-12(13(8)16)17-9-5-6-10(14)11(15)7-9/h2-7H,16H2,1H3. The Hall–Kier alpha value is -1.55. The van der Waals surface area contributed by atoms with Crippen LogP contribution in [-0.2, 0) is 0 Å². The molecule has 0 bridgehead atoms. The minimum atomic E-state index is -0.846. The molecule has 0 saturated carbocycles. The summed E-state index contributed by atoms with van der Waals surface area (Å²) in [7, 11) is 0. The number of halogens is 2. The number of aryl methyl sites for hydroxylation is 1. The molecule has 2 aromatic rings. The zero-order chi connectivity index (χ0) is 12.4. The molecule has 2 rings (SSSR count). The van der Waals surface area contributed by atoms with Crippen LogP contribution in [0.3, 0.4) is 0 Å². The molecule has 0 amide bonds. The van der Waals surface area contributed by atoms with Crippen LogP contribution < -0.4 is 5.73 Å². The lowest BCUT2D eigenvalue weighted by molar-refractivity contribution is 0.506. The summed E-state index contributed by atoms with van der Waals surface area (Å²) < 4.78 is 25.8. The van der Waals surface area contributed by atoms with E-state index in [2.05, 4.69) is 0 Å². The first-order valence-corrected chi connectivity index (χ1v) is 5.87. The molecule has 0 spiro atoms. The first-order valence-electron chi connectivity index (χ1n) is 5.06. The van der Waals surface area contributed by atoms with Crippen molar-refractivity contribution in [2.24, 2.45) is 0 Å². The molecule has 2 aromatic carbocycles. The molecule has 17 heavy (non-hydrogen) atoms. The van der Waals surface area contributed by atoms with Gasteiger partial charge in [0.2, 0.25) is 0 Å². The van der Waals surface area contributed by atoms with Crippen molar-refractivity contribution in [3.63, 3.8) is 0 Å². The van der Waals surface area contributed by atoms with Crippen molar-refractivity contribution in [2.45, 2.75) is 16.7 Å². The van der Waals surface area contributed by atoms with Gasteiger partial charge in [-0.1, -0.05) is 23.9 Å². The summed E-state index contributed by atoms with van der Waals surface area (Å²) in [5.41, 5.74) is 7.55. The van der Waals surface area contributed by atoms with Gasteiger partial charge in [-0.25, -0.2) is 8.78 Å². The highest BCUT2D eigenvalue weighted by molar-refractivity contribution is 7.99. The van der Waals surface area contributed by atoms with E-state index in [9.17, 15) is 8.78 Å². The van der Waals surface area contributed by atoms with Crippen molar-refractivity contribution in [3.8, 4) is 0 Å². The van der Waals surface area contributed by atoms with E-state index in [1.807, 2.05) is 25.1 Å². The van der Waals surface area contributed by atoms with Crippen LogP contribution in [0.4, 0.5) is 14.5 Å². The van der Waals surface area contributed by atoms with Crippen molar-refractivity contribution in [2.75, 3.05) is 5.73 Å². The number of nitrogen functional groups attached to an aromatic ring is 1. The lowest BCUT2D eigenvalue weighted by atomic mass is 10.2. The highest BCUT2D eigenvalue weighted by Gasteiger charge is 2.07. The highest BCUT2D eigenvalue weighted by atomic mass is 32.2. The van der Waals surface area contributed by atoms with Crippen molar-refractivity contribution in [3.05, 3.63) is 53.6 Å². The van der Waals surface area contributed by atoms with E-state index < -0.39 is 11.6 Å². The van der Waals surface area contributed by atoms with Gasteiger partial charge in [0.15, 0.2) is 11.6 Å². The summed E-state index contributed by atoms with van der Waals surface area (Å²) in [6.45, 7) is 1.91. The van der Waals surface area contributed by atoms with Crippen LogP contribution in [0.25, 0.3) is 0 Å². The lowest BCUT2D eigenvalue weighted by Crippen LogP contribution is -1.92. The maximum atomic E-state index is 13.0. The molecule has 2 N–H and O–H groups in total. The van der Waals surface area contributed by atoms with Crippen molar-refractivity contribution < 1.29 is 8.78 Å². The summed E-state index contributed by atoms with van der Waals surface area (Å²) in [6.07, 6.45) is 0. The molecule has 0 aliphatic carbocycles. The largest absolute Gasteiger partial charge is 0.398 e. The molecular formula is C13H11F2NS. The fourth-order valence-electron chi connectivity index (χ4n) is 1.41. The van der Waals surface area contributed by atoms with Gasteiger partial charge in [-0.3, -0.25) is 0 Å². The van der Waals surface area contributed by atoms with Gasteiger partial charge in [0, 0.05) is 15.5 Å². The average Bonchev–Trinajstić information content (AvgIpc) is 2.30. The maximum Gasteiger partial charge on any atom is 0.159 e. The maximum absolute atomic E-state index is 13.0. The summed E-state index contributed by atoms with van der Waals surface area (Å²) in [5.74, 6) is -1.69. The Balaban J connectivity index is 2.31. The van der Waals surface area contributed by atoms with Gasteiger partial charge in [0.05, 0.1) is 0 Å². The molecule has 0 aromatic heterocycles. The number of anilines is 1. The third kappa shape index (κ3) is 2.58. The average molecular weight is 251 g/mol. The minimum Gasteiger partial charge on any atom is -0.398 e. The van der Waals surface area contributed by atoms with Crippen molar-refractivity contribution in [1.82, 2.24) is 0 Å². The second-order valence-electron chi connectivity index (χ2n) is 3.66. The second kappa shape index (κ2) is 4.75. The normalized spacial score (nSPS) is 10.5. The molecule has 0 fully saturated rings. The smallest absolute Gasteiger partial charge is 0.159 e. The zero-order valence-corrected chi connectivity index (χ0v) is 10.0. The summed E-state index contributed by atoms with van der Waals surface area (Å²) >= 11 is 1.32. The Bertz CT molecular complexity index is 555. The number of benzene rings is 2. The first kappa shape index (κ1) is 11.9. The van der Waals surface area contributed by atoms with E-state index in [1.165, 1.54) is 23.9 Å². The molecule has 0 aliphatic heterocycles. The SMILES string of the molecule is Cc1cccc(Sc2ccc(F)c(F)c2)c1N. The fraction of sp³-hybridized carbons (Fsp3) is 0.0769. The third-order valence-electron chi connectivity index (χ3n) is 2.40. The van der Waals surface area contributed by atoms with Gasteiger partial charge in [0.25, 0.3) is 0 Å². The van der Waals surface area contributed by atoms with Crippen LogP contribution in [0.1, 0.15) is 5.56 Å².